The Hall–Kier alpha value is -2.19. The Labute approximate surface area is 147 Å². The van der Waals surface area contributed by atoms with Gasteiger partial charge in [0.25, 0.3) is 5.91 Å². The molecule has 1 aliphatic heterocycles. The maximum Gasteiger partial charge on any atom is 0.333 e. The van der Waals surface area contributed by atoms with E-state index in [1.54, 1.807) is 13.1 Å². The molecule has 25 heavy (non-hydrogen) atoms. The largest absolute Gasteiger partial charge is 0.376 e. The number of hydrazine groups is 1. The summed E-state index contributed by atoms with van der Waals surface area (Å²) >= 11 is 0. The average Bonchev–Trinajstić information content (AvgIpc) is 2.66. The average molecular weight is 350 g/mol. The number of amides is 3. The highest BCUT2D eigenvalue weighted by atomic mass is 16.5. The van der Waals surface area contributed by atoms with E-state index < -0.39 is 18.0 Å². The van der Waals surface area contributed by atoms with Gasteiger partial charge >= 0.3 is 6.03 Å². The van der Waals surface area contributed by atoms with Crippen molar-refractivity contribution >= 4 is 11.9 Å². The molecule has 0 radical (unpaired) electrons. The van der Waals surface area contributed by atoms with Crippen LogP contribution in [0.5, 0.6) is 0 Å². The molecule has 1 aromatic heterocycles. The molecule has 2 rings (SSSR count). The molecular formula is C17H26N4O4. The minimum Gasteiger partial charge on any atom is -0.376 e. The van der Waals surface area contributed by atoms with E-state index >= 15 is 0 Å². The second-order valence-corrected chi connectivity index (χ2v) is 5.91. The van der Waals surface area contributed by atoms with E-state index in [0.29, 0.717) is 19.6 Å². The molecule has 1 saturated heterocycles. The number of hydrogen-bond donors (Lipinski definition) is 3. The summed E-state index contributed by atoms with van der Waals surface area (Å²) < 4.78 is 11.0. The van der Waals surface area contributed by atoms with Crippen molar-refractivity contribution in [2.24, 2.45) is 0 Å². The third-order valence-corrected chi connectivity index (χ3v) is 3.87. The summed E-state index contributed by atoms with van der Waals surface area (Å²) in [6.45, 7) is 3.18. The molecule has 0 aromatic carbocycles. The molecule has 0 bridgehead atoms. The van der Waals surface area contributed by atoms with Crippen LogP contribution in [-0.2, 0) is 20.7 Å². The molecule has 0 aliphatic carbocycles. The van der Waals surface area contributed by atoms with Gasteiger partial charge in [-0.15, -0.1) is 0 Å². The summed E-state index contributed by atoms with van der Waals surface area (Å²) in [6.07, 6.45) is 4.84. The number of ether oxygens (including phenoxy) is 2. The highest BCUT2D eigenvalue weighted by molar-refractivity contribution is 5.83. The monoisotopic (exact) mass is 350 g/mol. The Morgan fingerprint density at radius 3 is 2.96 bits per heavy atom. The minimum absolute atomic E-state index is 0.0480. The first-order valence-corrected chi connectivity index (χ1v) is 8.62. The fourth-order valence-electron chi connectivity index (χ4n) is 2.38. The Bertz CT molecular complexity index is 535. The second-order valence-electron chi connectivity index (χ2n) is 5.91. The molecule has 3 amide bonds. The summed E-state index contributed by atoms with van der Waals surface area (Å²) in [5.41, 5.74) is 5.53. The van der Waals surface area contributed by atoms with Crippen molar-refractivity contribution < 1.29 is 19.1 Å². The van der Waals surface area contributed by atoms with Crippen LogP contribution in [0, 0.1) is 0 Å². The molecule has 2 unspecified atom stereocenters. The van der Waals surface area contributed by atoms with Crippen LogP contribution in [0.3, 0.4) is 0 Å². The molecule has 2 heterocycles. The van der Waals surface area contributed by atoms with Crippen molar-refractivity contribution in [3.63, 3.8) is 0 Å². The minimum atomic E-state index is -0.667. The first-order chi connectivity index (χ1) is 12.1. The van der Waals surface area contributed by atoms with E-state index in [0.717, 1.165) is 31.6 Å². The van der Waals surface area contributed by atoms with Gasteiger partial charge in [0.05, 0.1) is 12.7 Å². The fraction of sp³-hybridized carbons (Fsp3) is 0.588. The van der Waals surface area contributed by atoms with Crippen LogP contribution in [0.15, 0.2) is 24.4 Å². The summed E-state index contributed by atoms with van der Waals surface area (Å²) in [7, 11) is 0. The lowest BCUT2D eigenvalue weighted by Gasteiger charge is -2.23. The molecule has 8 heteroatoms. The van der Waals surface area contributed by atoms with Gasteiger partial charge in [0.15, 0.2) is 0 Å². The van der Waals surface area contributed by atoms with Crippen LogP contribution >= 0.6 is 0 Å². The van der Waals surface area contributed by atoms with Gasteiger partial charge in [-0.25, -0.2) is 10.2 Å². The van der Waals surface area contributed by atoms with Crippen molar-refractivity contribution in [1.82, 2.24) is 21.2 Å². The summed E-state index contributed by atoms with van der Waals surface area (Å²) in [4.78, 5) is 27.7. The molecule has 3 N–H and O–H groups in total. The zero-order valence-corrected chi connectivity index (χ0v) is 14.5. The lowest BCUT2D eigenvalue weighted by atomic mass is 10.1. The third-order valence-electron chi connectivity index (χ3n) is 3.87. The van der Waals surface area contributed by atoms with Gasteiger partial charge in [-0.3, -0.25) is 15.2 Å². The van der Waals surface area contributed by atoms with E-state index in [9.17, 15) is 9.59 Å². The molecule has 1 fully saturated rings. The lowest BCUT2D eigenvalue weighted by molar-refractivity contribution is -0.136. The molecular weight excluding hydrogens is 324 g/mol. The van der Waals surface area contributed by atoms with Gasteiger partial charge in [-0.2, -0.15) is 0 Å². The van der Waals surface area contributed by atoms with Gasteiger partial charge in [-0.05, 0) is 38.3 Å². The second kappa shape index (κ2) is 10.6. The van der Waals surface area contributed by atoms with Crippen LogP contribution in [-0.4, -0.2) is 48.9 Å². The van der Waals surface area contributed by atoms with Crippen molar-refractivity contribution in [3.8, 4) is 0 Å². The first-order valence-electron chi connectivity index (χ1n) is 8.62. The topological polar surface area (TPSA) is 102 Å². The number of pyridine rings is 1. The maximum atomic E-state index is 11.9. The quantitative estimate of drug-likeness (QED) is 0.635. The standard InChI is InChI=1S/C17H26N4O4/c1-13(25-12-15-7-3-5-11-24-15)16(22)20-21-17(23)19-10-8-14-6-2-4-9-18-14/h2,4,6,9,13,15H,3,5,7-8,10-12H2,1H3,(H,20,22)(H2,19,21,23). The Balaban J connectivity index is 1.55. The van der Waals surface area contributed by atoms with Gasteiger partial charge in [-0.1, -0.05) is 6.07 Å². The van der Waals surface area contributed by atoms with Gasteiger partial charge < -0.3 is 14.8 Å². The SMILES string of the molecule is CC(OCC1CCCCO1)C(=O)NNC(=O)NCCc1ccccn1. The normalized spacial score (nSPS) is 18.2. The third kappa shape index (κ3) is 7.49. The van der Waals surface area contributed by atoms with Gasteiger partial charge in [0, 0.05) is 31.5 Å². The van der Waals surface area contributed by atoms with E-state index in [4.69, 9.17) is 9.47 Å². The molecule has 8 nitrogen and oxygen atoms in total. The smallest absolute Gasteiger partial charge is 0.333 e. The Morgan fingerprint density at radius 2 is 2.24 bits per heavy atom. The van der Waals surface area contributed by atoms with Crippen molar-refractivity contribution in [2.45, 2.75) is 44.8 Å². The first kappa shape index (κ1) is 19.1. The van der Waals surface area contributed by atoms with Crippen LogP contribution in [0.2, 0.25) is 0 Å². The summed E-state index contributed by atoms with van der Waals surface area (Å²) in [5.74, 6) is -0.407. The number of carbonyl (C=O) groups excluding carboxylic acids is 2. The molecule has 138 valence electrons. The summed E-state index contributed by atoms with van der Waals surface area (Å²) in [6, 6.07) is 5.13. The van der Waals surface area contributed by atoms with Crippen LogP contribution in [0.25, 0.3) is 0 Å². The van der Waals surface area contributed by atoms with Gasteiger partial charge in [0.2, 0.25) is 0 Å². The number of nitrogens with zero attached hydrogens (tertiary/aromatic N) is 1. The fourth-order valence-corrected chi connectivity index (χ4v) is 2.38. The summed E-state index contributed by atoms with van der Waals surface area (Å²) in [5, 5.41) is 2.64. The number of aromatic nitrogens is 1. The predicted octanol–water partition coefficient (Wildman–Crippen LogP) is 0.929. The molecule has 1 aliphatic rings. The number of urea groups is 1. The number of nitrogens with one attached hydrogen (secondary N) is 3. The highest BCUT2D eigenvalue weighted by Crippen LogP contribution is 2.13. The van der Waals surface area contributed by atoms with E-state index in [1.807, 2.05) is 18.2 Å². The highest BCUT2D eigenvalue weighted by Gasteiger charge is 2.19. The lowest BCUT2D eigenvalue weighted by Crippen LogP contribution is -2.50. The van der Waals surface area contributed by atoms with Gasteiger partial charge in [0.1, 0.15) is 6.10 Å². The molecule has 1 aromatic rings. The number of rotatable bonds is 7. The Kier molecular flexibility index (Phi) is 8.14. The predicted molar refractivity (Wildman–Crippen MR) is 91.6 cm³/mol. The molecule has 2 atom stereocenters. The van der Waals surface area contributed by atoms with E-state index in [-0.39, 0.29) is 6.10 Å². The Morgan fingerprint density at radius 1 is 1.36 bits per heavy atom. The van der Waals surface area contributed by atoms with Crippen molar-refractivity contribution in [3.05, 3.63) is 30.1 Å². The zero-order valence-electron chi connectivity index (χ0n) is 14.5. The molecule has 0 spiro atoms. The van der Waals surface area contributed by atoms with Crippen LogP contribution in [0.4, 0.5) is 4.79 Å². The van der Waals surface area contributed by atoms with E-state index in [1.165, 1.54) is 0 Å². The van der Waals surface area contributed by atoms with Crippen LogP contribution < -0.4 is 16.2 Å². The number of hydrogen-bond acceptors (Lipinski definition) is 5. The van der Waals surface area contributed by atoms with E-state index in [2.05, 4.69) is 21.2 Å². The number of carbonyl (C=O) groups is 2. The van der Waals surface area contributed by atoms with Crippen molar-refractivity contribution in [2.75, 3.05) is 19.8 Å². The van der Waals surface area contributed by atoms with Crippen LogP contribution in [0.1, 0.15) is 31.9 Å². The maximum absolute atomic E-state index is 11.9. The molecule has 0 saturated carbocycles. The zero-order chi connectivity index (χ0) is 17.9. The van der Waals surface area contributed by atoms with Crippen molar-refractivity contribution in [1.29, 1.82) is 0 Å².